The van der Waals surface area contributed by atoms with Gasteiger partial charge in [0.1, 0.15) is 5.75 Å². The van der Waals surface area contributed by atoms with E-state index in [1.54, 1.807) is 6.07 Å². The van der Waals surface area contributed by atoms with E-state index < -0.39 is 4.92 Å². The van der Waals surface area contributed by atoms with Gasteiger partial charge < -0.3 is 15.2 Å². The zero-order valence-corrected chi connectivity index (χ0v) is 12.3. The number of anilines is 1. The van der Waals surface area contributed by atoms with Gasteiger partial charge >= 0.3 is 0 Å². The van der Waals surface area contributed by atoms with Crippen molar-refractivity contribution in [1.29, 1.82) is 0 Å². The summed E-state index contributed by atoms with van der Waals surface area (Å²) >= 11 is 0. The SMILES string of the molecule is COc1ccc([N+](=O)[O-])cc1NCC1(CO)CCCCC1. The minimum atomic E-state index is -0.424. The van der Waals surface area contributed by atoms with Crippen molar-refractivity contribution in [2.24, 2.45) is 5.41 Å². The van der Waals surface area contributed by atoms with E-state index in [9.17, 15) is 15.2 Å². The zero-order valence-electron chi connectivity index (χ0n) is 12.3. The Balaban J connectivity index is 2.13. The van der Waals surface area contributed by atoms with Crippen LogP contribution in [0.25, 0.3) is 0 Å². The van der Waals surface area contributed by atoms with Crippen molar-refractivity contribution in [3.8, 4) is 5.75 Å². The molecular formula is C15H22N2O4. The van der Waals surface area contributed by atoms with Gasteiger partial charge in [-0.3, -0.25) is 10.1 Å². The molecule has 0 amide bonds. The molecular weight excluding hydrogens is 272 g/mol. The van der Waals surface area contributed by atoms with Gasteiger partial charge in [-0.15, -0.1) is 0 Å². The molecule has 1 aromatic rings. The van der Waals surface area contributed by atoms with Crippen LogP contribution in [0.1, 0.15) is 32.1 Å². The van der Waals surface area contributed by atoms with E-state index in [0.717, 1.165) is 25.7 Å². The molecule has 21 heavy (non-hydrogen) atoms. The number of benzene rings is 1. The van der Waals surface area contributed by atoms with Gasteiger partial charge in [-0.05, 0) is 18.9 Å². The number of aliphatic hydroxyl groups is 1. The number of ether oxygens (including phenoxy) is 1. The molecule has 1 fully saturated rings. The standard InChI is InChI=1S/C15H22N2O4/c1-21-14-6-5-12(17(19)20)9-13(14)16-10-15(11-18)7-3-2-4-8-15/h5-6,9,16,18H,2-4,7-8,10-11H2,1H3. The summed E-state index contributed by atoms with van der Waals surface area (Å²) in [5.41, 5.74) is 0.499. The maximum atomic E-state index is 10.9. The Morgan fingerprint density at radius 2 is 2.10 bits per heavy atom. The van der Waals surface area contributed by atoms with Crippen LogP contribution in [0, 0.1) is 15.5 Å². The van der Waals surface area contributed by atoms with Crippen LogP contribution in [0.3, 0.4) is 0 Å². The number of nitrogens with zero attached hydrogens (tertiary/aromatic N) is 1. The maximum Gasteiger partial charge on any atom is 0.271 e. The summed E-state index contributed by atoms with van der Waals surface area (Å²) < 4.78 is 5.24. The Bertz CT molecular complexity index is 498. The van der Waals surface area contributed by atoms with Crippen molar-refractivity contribution in [3.63, 3.8) is 0 Å². The van der Waals surface area contributed by atoms with E-state index in [4.69, 9.17) is 4.74 Å². The molecule has 0 bridgehead atoms. The lowest BCUT2D eigenvalue weighted by atomic mass is 9.74. The van der Waals surface area contributed by atoms with Gasteiger partial charge in [0.05, 0.1) is 24.3 Å². The van der Waals surface area contributed by atoms with Crippen LogP contribution in [0.5, 0.6) is 5.75 Å². The highest BCUT2D eigenvalue weighted by Crippen LogP contribution is 2.37. The van der Waals surface area contributed by atoms with Crippen LogP contribution < -0.4 is 10.1 Å². The maximum absolute atomic E-state index is 10.9. The fourth-order valence-corrected chi connectivity index (χ4v) is 2.92. The number of nitro benzene ring substituents is 1. The normalized spacial score (nSPS) is 17.2. The Hall–Kier alpha value is -1.82. The number of non-ortho nitro benzene ring substituents is 1. The molecule has 1 aliphatic rings. The highest BCUT2D eigenvalue weighted by atomic mass is 16.6. The van der Waals surface area contributed by atoms with E-state index in [1.165, 1.54) is 25.7 Å². The van der Waals surface area contributed by atoms with Crippen LogP contribution in [0.4, 0.5) is 11.4 Å². The first-order valence-corrected chi connectivity index (χ1v) is 7.27. The van der Waals surface area contributed by atoms with Crippen molar-refractivity contribution in [3.05, 3.63) is 28.3 Å². The molecule has 0 heterocycles. The summed E-state index contributed by atoms with van der Waals surface area (Å²) in [4.78, 5) is 10.5. The van der Waals surface area contributed by atoms with Crippen LogP contribution in [0.15, 0.2) is 18.2 Å². The molecule has 2 rings (SSSR count). The van der Waals surface area contributed by atoms with E-state index in [0.29, 0.717) is 18.0 Å². The van der Waals surface area contributed by atoms with Gasteiger partial charge in [-0.2, -0.15) is 0 Å². The number of nitro groups is 1. The molecule has 0 saturated heterocycles. The molecule has 0 aliphatic heterocycles. The summed E-state index contributed by atoms with van der Waals surface area (Å²) in [6.07, 6.45) is 5.41. The lowest BCUT2D eigenvalue weighted by molar-refractivity contribution is -0.384. The lowest BCUT2D eigenvalue weighted by Crippen LogP contribution is -2.35. The lowest BCUT2D eigenvalue weighted by Gasteiger charge is -2.36. The van der Waals surface area contributed by atoms with Crippen LogP contribution in [0.2, 0.25) is 0 Å². The van der Waals surface area contributed by atoms with Crippen LogP contribution in [-0.2, 0) is 0 Å². The molecule has 0 radical (unpaired) electrons. The molecule has 0 spiro atoms. The zero-order chi connectivity index (χ0) is 15.3. The number of methoxy groups -OCH3 is 1. The van der Waals surface area contributed by atoms with Crippen LogP contribution in [-0.4, -0.2) is 30.3 Å². The summed E-state index contributed by atoms with van der Waals surface area (Å²) in [5, 5.41) is 23.8. The fourth-order valence-electron chi connectivity index (χ4n) is 2.92. The predicted molar refractivity (Wildman–Crippen MR) is 80.7 cm³/mol. The smallest absolute Gasteiger partial charge is 0.271 e. The molecule has 6 heteroatoms. The molecule has 0 unspecified atom stereocenters. The monoisotopic (exact) mass is 294 g/mol. The van der Waals surface area contributed by atoms with E-state index in [2.05, 4.69) is 5.32 Å². The quantitative estimate of drug-likeness (QED) is 0.622. The third kappa shape index (κ3) is 3.64. The second-order valence-electron chi connectivity index (χ2n) is 5.71. The van der Waals surface area contributed by atoms with Gasteiger partial charge in [0.2, 0.25) is 0 Å². The molecule has 0 aromatic heterocycles. The number of rotatable bonds is 6. The van der Waals surface area contributed by atoms with Crippen LogP contribution >= 0.6 is 0 Å². The molecule has 116 valence electrons. The summed E-state index contributed by atoms with van der Waals surface area (Å²) in [7, 11) is 1.54. The average molecular weight is 294 g/mol. The second kappa shape index (κ2) is 6.76. The Morgan fingerprint density at radius 3 is 2.67 bits per heavy atom. The Labute approximate surface area is 124 Å². The minimum absolute atomic E-state index is 0.0278. The van der Waals surface area contributed by atoms with Crippen molar-refractivity contribution < 1.29 is 14.8 Å². The summed E-state index contributed by atoms with van der Waals surface area (Å²) in [6.45, 7) is 0.734. The average Bonchev–Trinajstić information content (AvgIpc) is 2.53. The van der Waals surface area contributed by atoms with Crippen molar-refractivity contribution >= 4 is 11.4 Å². The van der Waals surface area contributed by atoms with Gasteiger partial charge in [-0.25, -0.2) is 0 Å². The third-order valence-corrected chi connectivity index (χ3v) is 4.30. The number of hydrogen-bond donors (Lipinski definition) is 2. The molecule has 6 nitrogen and oxygen atoms in total. The summed E-state index contributed by atoms with van der Waals surface area (Å²) in [5.74, 6) is 0.574. The minimum Gasteiger partial charge on any atom is -0.495 e. The van der Waals surface area contributed by atoms with Crippen molar-refractivity contribution in [1.82, 2.24) is 0 Å². The molecule has 1 aromatic carbocycles. The van der Waals surface area contributed by atoms with E-state index in [-0.39, 0.29) is 17.7 Å². The van der Waals surface area contributed by atoms with Crippen molar-refractivity contribution in [2.45, 2.75) is 32.1 Å². The van der Waals surface area contributed by atoms with E-state index >= 15 is 0 Å². The second-order valence-corrected chi connectivity index (χ2v) is 5.71. The van der Waals surface area contributed by atoms with E-state index in [1.807, 2.05) is 0 Å². The number of nitrogens with one attached hydrogen (secondary N) is 1. The van der Waals surface area contributed by atoms with Gasteiger partial charge in [-0.1, -0.05) is 19.3 Å². The Kier molecular flexibility index (Phi) is 5.01. The molecule has 1 aliphatic carbocycles. The third-order valence-electron chi connectivity index (χ3n) is 4.30. The number of aliphatic hydroxyl groups excluding tert-OH is 1. The highest BCUT2D eigenvalue weighted by Gasteiger charge is 2.31. The highest BCUT2D eigenvalue weighted by molar-refractivity contribution is 5.61. The largest absolute Gasteiger partial charge is 0.495 e. The fraction of sp³-hybridized carbons (Fsp3) is 0.600. The van der Waals surface area contributed by atoms with Gasteiger partial charge in [0.25, 0.3) is 5.69 Å². The number of hydrogen-bond acceptors (Lipinski definition) is 5. The first-order valence-electron chi connectivity index (χ1n) is 7.27. The first kappa shape index (κ1) is 15.6. The predicted octanol–water partition coefficient (Wildman–Crippen LogP) is 2.96. The van der Waals surface area contributed by atoms with Gasteiger partial charge in [0, 0.05) is 24.1 Å². The van der Waals surface area contributed by atoms with Gasteiger partial charge in [0.15, 0.2) is 0 Å². The first-order chi connectivity index (χ1) is 10.1. The Morgan fingerprint density at radius 1 is 1.38 bits per heavy atom. The molecule has 0 atom stereocenters. The topological polar surface area (TPSA) is 84.6 Å². The van der Waals surface area contributed by atoms with Crippen molar-refractivity contribution in [2.75, 3.05) is 25.6 Å². The molecule has 2 N–H and O–H groups in total. The summed E-state index contributed by atoms with van der Waals surface area (Å²) in [6, 6.07) is 4.49. The molecule has 1 saturated carbocycles.